The SMILES string of the molecule is CCOc1cc(/C=C2\NC(=O)N(Cc3ccccc3)C2=O)ccc1OCC(=O)N1CCCC1. The molecule has 0 unspecified atom stereocenters. The molecule has 8 nitrogen and oxygen atoms in total. The van der Waals surface area contributed by atoms with Crippen molar-refractivity contribution >= 4 is 23.9 Å². The minimum absolute atomic E-state index is 0.0427. The summed E-state index contributed by atoms with van der Waals surface area (Å²) in [4.78, 5) is 40.4. The fourth-order valence-corrected chi connectivity index (χ4v) is 3.85. The Labute approximate surface area is 192 Å². The summed E-state index contributed by atoms with van der Waals surface area (Å²) in [5.74, 6) is 0.496. The Bertz CT molecular complexity index is 1060. The number of amides is 4. The van der Waals surface area contributed by atoms with Gasteiger partial charge < -0.3 is 19.7 Å². The van der Waals surface area contributed by atoms with Crippen LogP contribution in [0.15, 0.2) is 54.2 Å². The summed E-state index contributed by atoms with van der Waals surface area (Å²) in [6.45, 7) is 3.96. The van der Waals surface area contributed by atoms with Crippen LogP contribution in [0, 0.1) is 0 Å². The minimum Gasteiger partial charge on any atom is -0.490 e. The number of carbonyl (C=O) groups excluding carboxylic acids is 3. The van der Waals surface area contributed by atoms with Crippen LogP contribution in [0.1, 0.15) is 30.9 Å². The number of carbonyl (C=O) groups is 3. The Morgan fingerprint density at radius 3 is 2.52 bits per heavy atom. The molecule has 4 amide bonds. The van der Waals surface area contributed by atoms with Gasteiger partial charge in [-0.15, -0.1) is 0 Å². The maximum atomic E-state index is 12.8. The number of hydrogen-bond donors (Lipinski definition) is 1. The first kappa shape index (κ1) is 22.4. The lowest BCUT2D eigenvalue weighted by atomic mass is 10.1. The molecule has 0 radical (unpaired) electrons. The van der Waals surface area contributed by atoms with Crippen LogP contribution in [0.25, 0.3) is 6.08 Å². The van der Waals surface area contributed by atoms with Crippen molar-refractivity contribution in [1.29, 1.82) is 0 Å². The number of likely N-dealkylation sites (tertiary alicyclic amines) is 1. The zero-order chi connectivity index (χ0) is 23.2. The number of hydrogen-bond acceptors (Lipinski definition) is 5. The zero-order valence-electron chi connectivity index (χ0n) is 18.6. The van der Waals surface area contributed by atoms with Crippen molar-refractivity contribution in [2.75, 3.05) is 26.3 Å². The van der Waals surface area contributed by atoms with E-state index in [0.717, 1.165) is 31.5 Å². The van der Waals surface area contributed by atoms with Crippen LogP contribution in [0.5, 0.6) is 11.5 Å². The molecule has 2 heterocycles. The van der Waals surface area contributed by atoms with Crippen LogP contribution < -0.4 is 14.8 Å². The highest BCUT2D eigenvalue weighted by molar-refractivity contribution is 6.13. The van der Waals surface area contributed by atoms with Gasteiger partial charge in [-0.2, -0.15) is 0 Å². The van der Waals surface area contributed by atoms with Crippen LogP contribution in [0.3, 0.4) is 0 Å². The third-order valence-electron chi connectivity index (χ3n) is 5.53. The lowest BCUT2D eigenvalue weighted by molar-refractivity contribution is -0.132. The molecule has 2 fully saturated rings. The number of nitrogens with zero attached hydrogens (tertiary/aromatic N) is 2. The van der Waals surface area contributed by atoms with Gasteiger partial charge in [-0.3, -0.25) is 14.5 Å². The van der Waals surface area contributed by atoms with Crippen LogP contribution in [0.4, 0.5) is 4.79 Å². The summed E-state index contributed by atoms with van der Waals surface area (Å²) in [5, 5.41) is 2.64. The van der Waals surface area contributed by atoms with E-state index < -0.39 is 11.9 Å². The monoisotopic (exact) mass is 449 g/mol. The molecule has 0 saturated carbocycles. The number of imide groups is 1. The second-order valence-electron chi connectivity index (χ2n) is 7.88. The molecule has 1 N–H and O–H groups in total. The highest BCUT2D eigenvalue weighted by Crippen LogP contribution is 2.30. The summed E-state index contributed by atoms with van der Waals surface area (Å²) in [7, 11) is 0. The quantitative estimate of drug-likeness (QED) is 0.494. The third kappa shape index (κ3) is 5.34. The van der Waals surface area contributed by atoms with Crippen molar-refractivity contribution in [2.24, 2.45) is 0 Å². The van der Waals surface area contributed by atoms with E-state index in [0.29, 0.717) is 23.7 Å². The highest BCUT2D eigenvalue weighted by atomic mass is 16.5. The number of benzene rings is 2. The van der Waals surface area contributed by atoms with Crippen molar-refractivity contribution in [3.05, 3.63) is 65.4 Å². The summed E-state index contributed by atoms with van der Waals surface area (Å²) >= 11 is 0. The fraction of sp³-hybridized carbons (Fsp3) is 0.320. The molecule has 0 aliphatic carbocycles. The topological polar surface area (TPSA) is 88.2 Å². The highest BCUT2D eigenvalue weighted by Gasteiger charge is 2.33. The van der Waals surface area contributed by atoms with Crippen molar-refractivity contribution in [2.45, 2.75) is 26.3 Å². The van der Waals surface area contributed by atoms with Crippen LogP contribution in [-0.2, 0) is 16.1 Å². The molecule has 0 aromatic heterocycles. The summed E-state index contributed by atoms with van der Waals surface area (Å²) in [6.07, 6.45) is 3.65. The van der Waals surface area contributed by atoms with E-state index in [9.17, 15) is 14.4 Å². The van der Waals surface area contributed by atoms with Gasteiger partial charge in [-0.05, 0) is 49.1 Å². The van der Waals surface area contributed by atoms with E-state index >= 15 is 0 Å². The summed E-state index contributed by atoms with van der Waals surface area (Å²) < 4.78 is 11.4. The third-order valence-corrected chi connectivity index (χ3v) is 5.53. The molecular weight excluding hydrogens is 422 g/mol. The molecule has 0 spiro atoms. The fourth-order valence-electron chi connectivity index (χ4n) is 3.85. The van der Waals surface area contributed by atoms with Crippen molar-refractivity contribution in [3.63, 3.8) is 0 Å². The summed E-state index contributed by atoms with van der Waals surface area (Å²) in [6, 6.07) is 14.1. The van der Waals surface area contributed by atoms with E-state index in [-0.39, 0.29) is 24.8 Å². The molecule has 0 atom stereocenters. The smallest absolute Gasteiger partial charge is 0.329 e. The van der Waals surface area contributed by atoms with Gasteiger partial charge in [0, 0.05) is 13.1 Å². The van der Waals surface area contributed by atoms with Gasteiger partial charge in [0.25, 0.3) is 11.8 Å². The Kier molecular flexibility index (Phi) is 6.92. The molecule has 2 saturated heterocycles. The summed E-state index contributed by atoms with van der Waals surface area (Å²) in [5.41, 5.74) is 1.73. The van der Waals surface area contributed by atoms with Crippen molar-refractivity contribution < 1.29 is 23.9 Å². The molecule has 2 aliphatic rings. The first-order valence-electron chi connectivity index (χ1n) is 11.1. The second kappa shape index (κ2) is 10.2. The Balaban J connectivity index is 1.46. The van der Waals surface area contributed by atoms with E-state index in [4.69, 9.17) is 9.47 Å². The number of nitrogens with one attached hydrogen (secondary N) is 1. The lowest BCUT2D eigenvalue weighted by Crippen LogP contribution is -2.32. The Hall–Kier alpha value is -3.81. The normalized spacial score (nSPS) is 16.9. The average molecular weight is 450 g/mol. The molecule has 8 heteroatoms. The maximum absolute atomic E-state index is 12.8. The Morgan fingerprint density at radius 2 is 1.79 bits per heavy atom. The molecule has 33 heavy (non-hydrogen) atoms. The predicted octanol–water partition coefficient (Wildman–Crippen LogP) is 3.18. The van der Waals surface area contributed by atoms with Gasteiger partial charge in [0.15, 0.2) is 18.1 Å². The molecule has 2 aliphatic heterocycles. The largest absolute Gasteiger partial charge is 0.490 e. The molecule has 172 valence electrons. The average Bonchev–Trinajstić information content (AvgIpc) is 3.44. The van der Waals surface area contributed by atoms with Crippen molar-refractivity contribution in [1.82, 2.24) is 15.1 Å². The van der Waals surface area contributed by atoms with Gasteiger partial charge >= 0.3 is 6.03 Å². The standard InChI is InChI=1S/C25H27N3O5/c1-2-32-22-15-19(10-11-21(22)33-17-23(29)27-12-6-7-13-27)14-20-24(30)28(25(31)26-20)16-18-8-4-3-5-9-18/h3-5,8-11,14-15H,2,6-7,12-13,16-17H2,1H3,(H,26,31)/b20-14-. The van der Waals surface area contributed by atoms with E-state index in [1.165, 1.54) is 4.90 Å². The predicted molar refractivity (Wildman–Crippen MR) is 122 cm³/mol. The molecule has 0 bridgehead atoms. The number of ether oxygens (including phenoxy) is 2. The van der Waals surface area contributed by atoms with Crippen molar-refractivity contribution in [3.8, 4) is 11.5 Å². The number of urea groups is 1. The van der Waals surface area contributed by atoms with Gasteiger partial charge in [-0.1, -0.05) is 36.4 Å². The maximum Gasteiger partial charge on any atom is 0.329 e. The van der Waals surface area contributed by atoms with Gasteiger partial charge in [0.1, 0.15) is 5.70 Å². The van der Waals surface area contributed by atoms with Gasteiger partial charge in [-0.25, -0.2) is 4.79 Å². The second-order valence-corrected chi connectivity index (χ2v) is 7.88. The van der Waals surface area contributed by atoms with E-state index in [1.807, 2.05) is 37.3 Å². The molecule has 2 aromatic rings. The van der Waals surface area contributed by atoms with Gasteiger partial charge in [0.05, 0.1) is 13.2 Å². The Morgan fingerprint density at radius 1 is 1.03 bits per heavy atom. The van der Waals surface area contributed by atoms with Crippen LogP contribution in [-0.4, -0.2) is 53.9 Å². The van der Waals surface area contributed by atoms with Crippen LogP contribution in [0.2, 0.25) is 0 Å². The molecular formula is C25H27N3O5. The van der Waals surface area contributed by atoms with Gasteiger partial charge in [0.2, 0.25) is 0 Å². The minimum atomic E-state index is -0.458. The first-order valence-corrected chi connectivity index (χ1v) is 11.1. The molecule has 2 aromatic carbocycles. The first-order chi connectivity index (χ1) is 16.0. The van der Waals surface area contributed by atoms with Crippen LogP contribution >= 0.6 is 0 Å². The number of rotatable bonds is 8. The van der Waals surface area contributed by atoms with E-state index in [2.05, 4.69) is 5.32 Å². The molecule has 4 rings (SSSR count). The lowest BCUT2D eigenvalue weighted by Gasteiger charge is -2.17. The zero-order valence-corrected chi connectivity index (χ0v) is 18.6. The van der Waals surface area contributed by atoms with E-state index in [1.54, 1.807) is 29.2 Å².